The van der Waals surface area contributed by atoms with Crippen LogP contribution in [0, 0.1) is 0 Å². The van der Waals surface area contributed by atoms with Gasteiger partial charge >= 0.3 is 0 Å². The van der Waals surface area contributed by atoms with Crippen molar-refractivity contribution in [3.63, 3.8) is 0 Å². The lowest BCUT2D eigenvalue weighted by Crippen LogP contribution is -2.39. The molecule has 1 aromatic heterocycles. The molecule has 0 aliphatic heterocycles. The highest BCUT2D eigenvalue weighted by Gasteiger charge is 2.24. The molecule has 5 nitrogen and oxygen atoms in total. The van der Waals surface area contributed by atoms with Crippen LogP contribution in [-0.2, 0) is 11.3 Å². The van der Waals surface area contributed by atoms with Crippen LogP contribution in [0.3, 0.4) is 0 Å². The molecule has 0 spiro atoms. The van der Waals surface area contributed by atoms with Crippen molar-refractivity contribution < 1.29 is 4.79 Å². The smallest absolute Gasteiger partial charge is 0.231 e. The van der Waals surface area contributed by atoms with E-state index in [1.54, 1.807) is 6.20 Å². The molecule has 1 amide bonds. The highest BCUT2D eigenvalue weighted by Crippen LogP contribution is 2.25. The van der Waals surface area contributed by atoms with Gasteiger partial charge < -0.3 is 11.1 Å². The third kappa shape index (κ3) is 3.93. The quantitative estimate of drug-likeness (QED) is 0.796. The van der Waals surface area contributed by atoms with E-state index in [1.165, 1.54) is 12.8 Å². The summed E-state index contributed by atoms with van der Waals surface area (Å²) < 4.78 is 0. The molecule has 0 saturated heterocycles. The summed E-state index contributed by atoms with van der Waals surface area (Å²) in [6, 6.07) is 4.47. The average molecular weight is 276 g/mol. The number of carbonyl (C=O) groups excluding carboxylic acids is 1. The maximum Gasteiger partial charge on any atom is 0.231 e. The summed E-state index contributed by atoms with van der Waals surface area (Å²) >= 11 is 0. The summed E-state index contributed by atoms with van der Waals surface area (Å²) in [5.41, 5.74) is 6.53. The lowest BCUT2D eigenvalue weighted by Gasteiger charge is -2.28. The van der Waals surface area contributed by atoms with Gasteiger partial charge in [0.05, 0.1) is 6.54 Å². The Morgan fingerprint density at radius 3 is 2.90 bits per heavy atom. The fourth-order valence-electron chi connectivity index (χ4n) is 2.90. The van der Waals surface area contributed by atoms with Crippen LogP contribution in [0.15, 0.2) is 18.3 Å². The van der Waals surface area contributed by atoms with Crippen molar-refractivity contribution in [1.82, 2.24) is 9.88 Å². The van der Waals surface area contributed by atoms with Crippen molar-refractivity contribution in [2.24, 2.45) is 5.73 Å². The third-order valence-corrected chi connectivity index (χ3v) is 3.81. The van der Waals surface area contributed by atoms with Crippen LogP contribution >= 0.6 is 0 Å². The summed E-state index contributed by atoms with van der Waals surface area (Å²) in [4.78, 5) is 17.9. The molecular formula is C15H24N4O. The molecule has 20 heavy (non-hydrogen) atoms. The SMILES string of the molecule is CCNc1ncccc1CN(CC(N)=O)C1CCCC1. The van der Waals surface area contributed by atoms with E-state index in [9.17, 15) is 4.79 Å². The minimum Gasteiger partial charge on any atom is -0.370 e. The molecule has 1 aliphatic rings. The largest absolute Gasteiger partial charge is 0.370 e. The molecule has 0 unspecified atom stereocenters. The van der Waals surface area contributed by atoms with E-state index in [4.69, 9.17) is 5.73 Å². The summed E-state index contributed by atoms with van der Waals surface area (Å²) in [6.07, 6.45) is 6.59. The molecule has 1 aromatic rings. The van der Waals surface area contributed by atoms with Gasteiger partial charge in [0.15, 0.2) is 0 Å². The van der Waals surface area contributed by atoms with E-state index in [2.05, 4.69) is 28.2 Å². The van der Waals surface area contributed by atoms with E-state index in [-0.39, 0.29) is 5.91 Å². The number of nitrogens with two attached hydrogens (primary N) is 1. The highest BCUT2D eigenvalue weighted by molar-refractivity contribution is 5.76. The molecule has 0 aromatic carbocycles. The van der Waals surface area contributed by atoms with E-state index in [0.717, 1.165) is 37.3 Å². The molecular weight excluding hydrogens is 252 g/mol. The van der Waals surface area contributed by atoms with Gasteiger partial charge in [0.25, 0.3) is 0 Å². The lowest BCUT2D eigenvalue weighted by molar-refractivity contribution is -0.119. The Hall–Kier alpha value is -1.62. The average Bonchev–Trinajstić information content (AvgIpc) is 2.94. The molecule has 0 radical (unpaired) electrons. The summed E-state index contributed by atoms with van der Waals surface area (Å²) in [7, 11) is 0. The van der Waals surface area contributed by atoms with Crippen molar-refractivity contribution in [2.75, 3.05) is 18.4 Å². The molecule has 1 heterocycles. The van der Waals surface area contributed by atoms with Gasteiger partial charge in [-0.25, -0.2) is 4.98 Å². The van der Waals surface area contributed by atoms with Crippen LogP contribution in [0.4, 0.5) is 5.82 Å². The summed E-state index contributed by atoms with van der Waals surface area (Å²) in [6.45, 7) is 3.94. The molecule has 3 N–H and O–H groups in total. The van der Waals surface area contributed by atoms with Gasteiger partial charge in [0.1, 0.15) is 5.82 Å². The maximum absolute atomic E-state index is 11.3. The van der Waals surface area contributed by atoms with Gasteiger partial charge in [-0.15, -0.1) is 0 Å². The van der Waals surface area contributed by atoms with Crippen molar-refractivity contribution in [2.45, 2.75) is 45.2 Å². The summed E-state index contributed by atoms with van der Waals surface area (Å²) in [5, 5.41) is 3.27. The Balaban J connectivity index is 2.11. The Bertz CT molecular complexity index is 443. The van der Waals surface area contributed by atoms with Gasteiger partial charge in [-0.1, -0.05) is 18.9 Å². The molecule has 1 aliphatic carbocycles. The molecule has 0 atom stereocenters. The maximum atomic E-state index is 11.3. The normalized spacial score (nSPS) is 15.7. The van der Waals surface area contributed by atoms with E-state index >= 15 is 0 Å². The zero-order valence-corrected chi connectivity index (χ0v) is 12.1. The number of aromatic nitrogens is 1. The number of nitrogens with one attached hydrogen (secondary N) is 1. The first-order valence-corrected chi connectivity index (χ1v) is 7.40. The number of primary amides is 1. The molecule has 0 bridgehead atoms. The second-order valence-corrected chi connectivity index (χ2v) is 5.35. The number of rotatable bonds is 7. The van der Waals surface area contributed by atoms with E-state index in [0.29, 0.717) is 12.6 Å². The summed E-state index contributed by atoms with van der Waals surface area (Å²) in [5.74, 6) is 0.647. The standard InChI is InChI=1S/C15H24N4O/c1-2-17-15-12(6-5-9-18-15)10-19(11-14(16)20)13-7-3-4-8-13/h5-6,9,13H,2-4,7-8,10-11H2,1H3,(H2,16,20)(H,17,18). The number of pyridine rings is 1. The molecule has 1 fully saturated rings. The van der Waals surface area contributed by atoms with Gasteiger partial charge in [-0.2, -0.15) is 0 Å². The second-order valence-electron chi connectivity index (χ2n) is 5.35. The molecule has 1 saturated carbocycles. The van der Waals surface area contributed by atoms with Crippen LogP contribution in [0.2, 0.25) is 0 Å². The first kappa shape index (κ1) is 14.8. The first-order chi connectivity index (χ1) is 9.70. The fourth-order valence-corrected chi connectivity index (χ4v) is 2.90. The van der Waals surface area contributed by atoms with Crippen molar-refractivity contribution in [1.29, 1.82) is 0 Å². The minimum atomic E-state index is -0.259. The fraction of sp³-hybridized carbons (Fsp3) is 0.600. The van der Waals surface area contributed by atoms with Crippen LogP contribution in [0.5, 0.6) is 0 Å². The molecule has 5 heteroatoms. The second kappa shape index (κ2) is 7.24. The number of nitrogens with zero attached hydrogens (tertiary/aromatic N) is 2. The van der Waals surface area contributed by atoms with Crippen molar-refractivity contribution in [3.05, 3.63) is 23.9 Å². The first-order valence-electron chi connectivity index (χ1n) is 7.40. The highest BCUT2D eigenvalue weighted by atomic mass is 16.1. The number of carbonyl (C=O) groups is 1. The van der Waals surface area contributed by atoms with Gasteiger partial charge in [-0.05, 0) is 25.8 Å². The predicted molar refractivity (Wildman–Crippen MR) is 80.3 cm³/mol. The zero-order chi connectivity index (χ0) is 14.4. The van der Waals surface area contributed by atoms with Crippen LogP contribution in [0.1, 0.15) is 38.2 Å². The van der Waals surface area contributed by atoms with Gasteiger partial charge in [-0.3, -0.25) is 9.69 Å². The Kier molecular flexibility index (Phi) is 5.35. The Morgan fingerprint density at radius 2 is 2.25 bits per heavy atom. The van der Waals surface area contributed by atoms with Gasteiger partial charge in [0.2, 0.25) is 5.91 Å². The van der Waals surface area contributed by atoms with Crippen LogP contribution in [-0.4, -0.2) is 34.9 Å². The number of anilines is 1. The Labute approximate surface area is 120 Å². The van der Waals surface area contributed by atoms with E-state index < -0.39 is 0 Å². The van der Waals surface area contributed by atoms with E-state index in [1.807, 2.05) is 6.07 Å². The molecule has 110 valence electrons. The van der Waals surface area contributed by atoms with Crippen LogP contribution < -0.4 is 11.1 Å². The monoisotopic (exact) mass is 276 g/mol. The minimum absolute atomic E-state index is 0.259. The van der Waals surface area contributed by atoms with Crippen LogP contribution in [0.25, 0.3) is 0 Å². The predicted octanol–water partition coefficient (Wildman–Crippen LogP) is 1.74. The lowest BCUT2D eigenvalue weighted by atomic mass is 10.1. The topological polar surface area (TPSA) is 71.2 Å². The Morgan fingerprint density at radius 1 is 1.50 bits per heavy atom. The number of hydrogen-bond acceptors (Lipinski definition) is 4. The third-order valence-electron chi connectivity index (χ3n) is 3.81. The van der Waals surface area contributed by atoms with Gasteiger partial charge in [0, 0.05) is 30.9 Å². The van der Waals surface area contributed by atoms with Crippen molar-refractivity contribution >= 4 is 11.7 Å². The van der Waals surface area contributed by atoms with Crippen molar-refractivity contribution in [3.8, 4) is 0 Å². The molecule has 2 rings (SSSR count). The number of amides is 1. The zero-order valence-electron chi connectivity index (χ0n) is 12.1. The number of hydrogen-bond donors (Lipinski definition) is 2.